The van der Waals surface area contributed by atoms with E-state index >= 15 is 0 Å². The first-order valence-corrected chi connectivity index (χ1v) is 9.35. The Morgan fingerprint density at radius 1 is 0.920 bits per heavy atom. The van der Waals surface area contributed by atoms with Crippen LogP contribution >= 0.6 is 11.3 Å². The fourth-order valence-electron chi connectivity index (χ4n) is 3.10. The number of hydrogen-bond acceptors (Lipinski definition) is 4. The van der Waals surface area contributed by atoms with E-state index in [2.05, 4.69) is 78.9 Å². The largest absolute Gasteiger partial charge is 0.375 e. The van der Waals surface area contributed by atoms with Crippen LogP contribution in [-0.4, -0.2) is 32.1 Å². The lowest BCUT2D eigenvalue weighted by Gasteiger charge is -2.10. The lowest BCUT2D eigenvalue weighted by molar-refractivity contribution is 0.107. The van der Waals surface area contributed by atoms with Gasteiger partial charge in [-0.3, -0.25) is 0 Å². The van der Waals surface area contributed by atoms with Crippen molar-refractivity contribution in [2.75, 3.05) is 32.6 Å². The molecule has 0 spiro atoms. The summed E-state index contributed by atoms with van der Waals surface area (Å²) < 4.78 is 5.87. The van der Waals surface area contributed by atoms with Gasteiger partial charge in [0.25, 0.3) is 0 Å². The molecule has 1 N–H and O–H groups in total. The molecule has 1 aliphatic rings. The lowest BCUT2D eigenvalue weighted by atomic mass is 10.0. The highest BCUT2D eigenvalue weighted by Crippen LogP contribution is 2.48. The van der Waals surface area contributed by atoms with Crippen LogP contribution in [0, 0.1) is 0 Å². The van der Waals surface area contributed by atoms with Crippen molar-refractivity contribution in [1.29, 1.82) is 0 Å². The Morgan fingerprint density at radius 2 is 1.60 bits per heavy atom. The van der Waals surface area contributed by atoms with Gasteiger partial charge in [0.2, 0.25) is 0 Å². The molecule has 3 aromatic rings. The van der Waals surface area contributed by atoms with Gasteiger partial charge >= 0.3 is 0 Å². The Bertz CT molecular complexity index is 822. The summed E-state index contributed by atoms with van der Waals surface area (Å²) in [5, 5.41) is 3.59. The van der Waals surface area contributed by atoms with E-state index in [1.807, 2.05) is 11.3 Å². The van der Waals surface area contributed by atoms with Gasteiger partial charge in [-0.15, -0.1) is 11.3 Å². The zero-order chi connectivity index (χ0) is 17.2. The monoisotopic (exact) mass is 350 g/mol. The van der Waals surface area contributed by atoms with Crippen LogP contribution in [0.3, 0.4) is 0 Å². The highest BCUT2D eigenvalue weighted by molar-refractivity contribution is 7.16. The Hall–Kier alpha value is -2.14. The normalized spacial score (nSPS) is 12.1. The molecular weight excluding hydrogens is 328 g/mol. The van der Waals surface area contributed by atoms with E-state index in [-0.39, 0.29) is 0 Å². The number of rotatable bonds is 5. The third kappa shape index (κ3) is 3.33. The van der Waals surface area contributed by atoms with Gasteiger partial charge in [0, 0.05) is 44.4 Å². The highest BCUT2D eigenvalue weighted by atomic mass is 32.1. The highest BCUT2D eigenvalue weighted by Gasteiger charge is 2.21. The first-order valence-electron chi connectivity index (χ1n) is 8.53. The topological polar surface area (TPSA) is 24.5 Å². The van der Waals surface area contributed by atoms with Crippen molar-refractivity contribution in [3.63, 3.8) is 0 Å². The molecule has 2 heterocycles. The molecule has 4 rings (SSSR count). The van der Waals surface area contributed by atoms with E-state index in [1.54, 1.807) is 0 Å². The number of para-hydroxylation sites is 2. The minimum atomic E-state index is 0.670. The van der Waals surface area contributed by atoms with Crippen molar-refractivity contribution in [2.24, 2.45) is 0 Å². The van der Waals surface area contributed by atoms with Crippen molar-refractivity contribution >= 4 is 22.7 Å². The van der Waals surface area contributed by atoms with Crippen LogP contribution < -0.4 is 5.32 Å². The van der Waals surface area contributed by atoms with Crippen LogP contribution in [0.15, 0.2) is 54.6 Å². The zero-order valence-corrected chi connectivity index (χ0v) is 15.4. The molecule has 0 bridgehead atoms. The molecule has 0 fully saturated rings. The molecule has 0 saturated heterocycles. The quantitative estimate of drug-likeness (QED) is 0.500. The van der Waals surface area contributed by atoms with Gasteiger partial charge in [0.15, 0.2) is 0 Å². The van der Waals surface area contributed by atoms with E-state index in [1.165, 1.54) is 26.4 Å². The van der Waals surface area contributed by atoms with E-state index in [4.69, 9.17) is 4.74 Å². The van der Waals surface area contributed by atoms with E-state index in [0.717, 1.165) is 24.5 Å². The number of likely N-dealkylation sites (N-methyl/N-ethyl adjacent to an activating group) is 1. The average Bonchev–Trinajstić information content (AvgIpc) is 2.98. The van der Waals surface area contributed by atoms with E-state index in [0.29, 0.717) is 6.61 Å². The molecule has 1 aliphatic heterocycles. The van der Waals surface area contributed by atoms with Gasteiger partial charge in [-0.1, -0.05) is 36.4 Å². The number of fused-ring (bicyclic) bond motifs is 5. The van der Waals surface area contributed by atoms with Gasteiger partial charge < -0.3 is 15.0 Å². The average molecular weight is 350 g/mol. The van der Waals surface area contributed by atoms with Crippen molar-refractivity contribution < 1.29 is 4.74 Å². The third-order valence-corrected chi connectivity index (χ3v) is 5.51. The second-order valence-corrected chi connectivity index (χ2v) is 7.66. The van der Waals surface area contributed by atoms with Gasteiger partial charge in [-0.05, 0) is 32.3 Å². The fraction of sp³-hybridized carbons (Fsp3) is 0.238. The summed E-state index contributed by atoms with van der Waals surface area (Å²) in [6.45, 7) is 2.37. The van der Waals surface area contributed by atoms with E-state index in [9.17, 15) is 0 Å². The predicted molar refractivity (Wildman–Crippen MR) is 107 cm³/mol. The molecule has 4 heteroatoms. The number of anilines is 2. The maximum atomic E-state index is 5.87. The molecule has 0 atom stereocenters. The molecule has 2 aromatic carbocycles. The Labute approximate surface area is 152 Å². The smallest absolute Gasteiger partial charge is 0.0810 e. The molecule has 0 amide bonds. The molecular formula is C21H22N2OS. The van der Waals surface area contributed by atoms with Gasteiger partial charge in [-0.25, -0.2) is 0 Å². The van der Waals surface area contributed by atoms with Crippen LogP contribution in [0.2, 0.25) is 0 Å². The molecule has 0 aliphatic carbocycles. The summed E-state index contributed by atoms with van der Waals surface area (Å²) in [5.74, 6) is 0. The standard InChI is InChI=1S/C21H22N2OS/c1-23(2)11-12-24-14-15-13-18-16-7-3-5-9-19(16)22-20-10-6-4-8-17(20)21(18)25-15/h3-10,13,22H,11-12,14H2,1-2H3. The summed E-state index contributed by atoms with van der Waals surface area (Å²) in [4.78, 5) is 4.73. The number of benzene rings is 2. The number of hydrogen-bond donors (Lipinski definition) is 1. The van der Waals surface area contributed by atoms with Crippen molar-refractivity contribution in [2.45, 2.75) is 6.61 Å². The Balaban J connectivity index is 1.71. The summed E-state index contributed by atoms with van der Waals surface area (Å²) in [7, 11) is 4.13. The maximum absolute atomic E-state index is 5.87. The predicted octanol–water partition coefficient (Wildman–Crippen LogP) is 5.22. The third-order valence-electron chi connectivity index (χ3n) is 4.37. The van der Waals surface area contributed by atoms with Crippen molar-refractivity contribution in [3.8, 4) is 21.6 Å². The summed E-state index contributed by atoms with van der Waals surface area (Å²) in [6, 6.07) is 19.3. The van der Waals surface area contributed by atoms with Gasteiger partial charge in [0.05, 0.1) is 13.2 Å². The molecule has 3 nitrogen and oxygen atoms in total. The molecule has 25 heavy (non-hydrogen) atoms. The molecule has 1 aromatic heterocycles. The number of nitrogens with one attached hydrogen (secondary N) is 1. The molecule has 0 saturated carbocycles. The number of thiophene rings is 1. The zero-order valence-electron chi connectivity index (χ0n) is 14.6. The van der Waals surface area contributed by atoms with Crippen LogP contribution in [-0.2, 0) is 11.3 Å². The van der Waals surface area contributed by atoms with Crippen molar-refractivity contribution in [3.05, 3.63) is 59.5 Å². The minimum absolute atomic E-state index is 0.670. The second-order valence-electron chi connectivity index (χ2n) is 6.53. The van der Waals surface area contributed by atoms with Crippen LogP contribution in [0.25, 0.3) is 21.6 Å². The van der Waals surface area contributed by atoms with Gasteiger partial charge in [0.1, 0.15) is 0 Å². The minimum Gasteiger partial charge on any atom is -0.375 e. The molecule has 0 unspecified atom stereocenters. The molecule has 0 radical (unpaired) electrons. The van der Waals surface area contributed by atoms with Gasteiger partial charge in [-0.2, -0.15) is 0 Å². The first kappa shape index (κ1) is 16.3. The van der Waals surface area contributed by atoms with Crippen LogP contribution in [0.1, 0.15) is 4.88 Å². The summed E-state index contributed by atoms with van der Waals surface area (Å²) in [6.07, 6.45) is 0. The number of nitrogens with zero attached hydrogens (tertiary/aromatic N) is 1. The van der Waals surface area contributed by atoms with Crippen LogP contribution in [0.4, 0.5) is 11.4 Å². The second kappa shape index (κ2) is 7.00. The summed E-state index contributed by atoms with van der Waals surface area (Å²) >= 11 is 1.84. The fourth-order valence-corrected chi connectivity index (χ4v) is 4.24. The maximum Gasteiger partial charge on any atom is 0.0810 e. The van der Waals surface area contributed by atoms with E-state index < -0.39 is 0 Å². The van der Waals surface area contributed by atoms with Crippen molar-refractivity contribution in [1.82, 2.24) is 4.90 Å². The summed E-state index contributed by atoms with van der Waals surface area (Å²) in [5.41, 5.74) is 6.13. The SMILES string of the molecule is CN(C)CCOCc1cc2c(s1)-c1ccccc1Nc1ccccc1-2. The first-order chi connectivity index (χ1) is 12.2. The Morgan fingerprint density at radius 3 is 2.36 bits per heavy atom. The lowest BCUT2D eigenvalue weighted by Crippen LogP contribution is -2.17. The van der Waals surface area contributed by atoms with Crippen LogP contribution in [0.5, 0.6) is 0 Å². The Kier molecular flexibility index (Phi) is 4.57. The molecule has 128 valence electrons. The number of ether oxygens (including phenoxy) is 1.